The molecule has 0 aliphatic carbocycles. The lowest BCUT2D eigenvalue weighted by Gasteiger charge is -2.07. The molecule has 1 aromatic carbocycles. The molecular formula is C14H19N3OS. The zero-order valence-corrected chi connectivity index (χ0v) is 12.3. The first-order valence-corrected chi connectivity index (χ1v) is 7.24. The number of nitrogens with one attached hydrogen (secondary N) is 2. The fraction of sp³-hybridized carbons (Fsp3) is 0.429. The normalized spacial score (nSPS) is 10.9. The van der Waals surface area contributed by atoms with Crippen molar-refractivity contribution in [1.29, 1.82) is 0 Å². The minimum absolute atomic E-state index is 0.00383. The third-order valence-electron chi connectivity index (χ3n) is 2.65. The van der Waals surface area contributed by atoms with Crippen LogP contribution in [-0.4, -0.2) is 24.0 Å². The Morgan fingerprint density at radius 2 is 2.21 bits per heavy atom. The second-order valence-electron chi connectivity index (χ2n) is 5.04. The highest BCUT2D eigenvalue weighted by Gasteiger charge is 2.06. The molecule has 0 atom stereocenters. The Hall–Kier alpha value is -1.62. The van der Waals surface area contributed by atoms with Gasteiger partial charge in [-0.3, -0.25) is 4.79 Å². The SMILES string of the molecule is Cc1ccc2sc(NCC(=O)NCC(C)C)nc2c1. The van der Waals surface area contributed by atoms with E-state index in [1.54, 1.807) is 11.3 Å². The Kier molecular flexibility index (Phi) is 4.37. The summed E-state index contributed by atoms with van der Waals surface area (Å²) in [6.07, 6.45) is 0. The Bertz CT molecular complexity index is 577. The highest BCUT2D eigenvalue weighted by atomic mass is 32.1. The summed E-state index contributed by atoms with van der Waals surface area (Å²) in [5.74, 6) is 0.471. The van der Waals surface area contributed by atoms with Crippen molar-refractivity contribution in [1.82, 2.24) is 10.3 Å². The van der Waals surface area contributed by atoms with E-state index >= 15 is 0 Å². The molecule has 1 heterocycles. The molecule has 1 aromatic heterocycles. The van der Waals surface area contributed by atoms with E-state index in [0.717, 1.165) is 15.3 Å². The molecule has 5 heteroatoms. The van der Waals surface area contributed by atoms with Gasteiger partial charge in [0.25, 0.3) is 0 Å². The van der Waals surface area contributed by atoms with Crippen molar-refractivity contribution >= 4 is 32.6 Å². The molecule has 0 fully saturated rings. The van der Waals surface area contributed by atoms with Crippen LogP contribution in [0.3, 0.4) is 0 Å². The Morgan fingerprint density at radius 3 is 2.95 bits per heavy atom. The van der Waals surface area contributed by atoms with Gasteiger partial charge in [-0.25, -0.2) is 4.98 Å². The molecule has 1 amide bonds. The van der Waals surface area contributed by atoms with Crippen molar-refractivity contribution in [2.75, 3.05) is 18.4 Å². The number of hydrogen-bond donors (Lipinski definition) is 2. The van der Waals surface area contributed by atoms with Crippen molar-refractivity contribution < 1.29 is 4.79 Å². The summed E-state index contributed by atoms with van der Waals surface area (Å²) in [6.45, 7) is 7.17. The summed E-state index contributed by atoms with van der Waals surface area (Å²) in [5, 5.41) is 6.73. The van der Waals surface area contributed by atoms with E-state index in [0.29, 0.717) is 12.5 Å². The summed E-state index contributed by atoms with van der Waals surface area (Å²) in [4.78, 5) is 16.1. The minimum atomic E-state index is 0.00383. The predicted octanol–water partition coefficient (Wildman–Crippen LogP) is 2.79. The molecule has 102 valence electrons. The monoisotopic (exact) mass is 277 g/mol. The number of nitrogens with zero attached hydrogens (tertiary/aromatic N) is 1. The van der Waals surface area contributed by atoms with Gasteiger partial charge in [0.1, 0.15) is 0 Å². The number of benzene rings is 1. The zero-order valence-electron chi connectivity index (χ0n) is 11.5. The molecular weight excluding hydrogens is 258 g/mol. The number of rotatable bonds is 5. The van der Waals surface area contributed by atoms with Crippen molar-refractivity contribution in [3.05, 3.63) is 23.8 Å². The molecule has 2 aromatic rings. The van der Waals surface area contributed by atoms with E-state index in [1.165, 1.54) is 5.56 Å². The van der Waals surface area contributed by atoms with Crippen molar-refractivity contribution in [2.24, 2.45) is 5.92 Å². The summed E-state index contributed by atoms with van der Waals surface area (Å²) in [5.41, 5.74) is 2.18. The number of aromatic nitrogens is 1. The van der Waals surface area contributed by atoms with Crippen molar-refractivity contribution in [2.45, 2.75) is 20.8 Å². The van der Waals surface area contributed by atoms with Crippen LogP contribution >= 0.6 is 11.3 Å². The van der Waals surface area contributed by atoms with Gasteiger partial charge in [-0.2, -0.15) is 0 Å². The lowest BCUT2D eigenvalue weighted by atomic mass is 10.2. The summed E-state index contributed by atoms with van der Waals surface area (Å²) in [7, 11) is 0. The van der Waals surface area contributed by atoms with Crippen LogP contribution in [0, 0.1) is 12.8 Å². The molecule has 2 rings (SSSR count). The molecule has 0 radical (unpaired) electrons. The summed E-state index contributed by atoms with van der Waals surface area (Å²) in [6, 6.07) is 6.18. The van der Waals surface area contributed by atoms with Gasteiger partial charge in [0.15, 0.2) is 5.13 Å². The fourth-order valence-electron chi connectivity index (χ4n) is 1.65. The quantitative estimate of drug-likeness (QED) is 0.883. The van der Waals surface area contributed by atoms with Gasteiger partial charge in [-0.15, -0.1) is 0 Å². The molecule has 2 N–H and O–H groups in total. The molecule has 0 unspecified atom stereocenters. The van der Waals surface area contributed by atoms with E-state index in [1.807, 2.05) is 6.92 Å². The van der Waals surface area contributed by atoms with Gasteiger partial charge in [-0.05, 0) is 30.5 Å². The first-order chi connectivity index (χ1) is 9.04. The van der Waals surface area contributed by atoms with E-state index in [9.17, 15) is 4.79 Å². The van der Waals surface area contributed by atoms with Crippen LogP contribution in [0.2, 0.25) is 0 Å². The topological polar surface area (TPSA) is 54.0 Å². The number of carbonyl (C=O) groups excluding carboxylic acids is 1. The molecule has 0 aliphatic heterocycles. The van der Waals surface area contributed by atoms with Crippen molar-refractivity contribution in [3.8, 4) is 0 Å². The Labute approximate surface area is 117 Å². The standard InChI is InChI=1S/C14H19N3OS/c1-9(2)7-15-13(18)8-16-14-17-11-6-10(3)4-5-12(11)19-14/h4-6,9H,7-8H2,1-3H3,(H,15,18)(H,16,17). The number of aryl methyl sites for hydroxylation is 1. The van der Waals surface area contributed by atoms with Crippen LogP contribution in [-0.2, 0) is 4.79 Å². The van der Waals surface area contributed by atoms with Crippen LogP contribution in [0.15, 0.2) is 18.2 Å². The second kappa shape index (κ2) is 6.02. The average Bonchev–Trinajstić information content (AvgIpc) is 2.75. The highest BCUT2D eigenvalue weighted by Crippen LogP contribution is 2.26. The van der Waals surface area contributed by atoms with Crippen LogP contribution in [0.4, 0.5) is 5.13 Å². The third-order valence-corrected chi connectivity index (χ3v) is 3.64. The van der Waals surface area contributed by atoms with E-state index in [-0.39, 0.29) is 12.5 Å². The number of hydrogen-bond acceptors (Lipinski definition) is 4. The van der Waals surface area contributed by atoms with E-state index in [2.05, 4.69) is 47.7 Å². The molecule has 0 saturated carbocycles. The maximum Gasteiger partial charge on any atom is 0.239 e. The molecule has 4 nitrogen and oxygen atoms in total. The highest BCUT2D eigenvalue weighted by molar-refractivity contribution is 7.22. The van der Waals surface area contributed by atoms with Gasteiger partial charge in [-0.1, -0.05) is 31.3 Å². The van der Waals surface area contributed by atoms with Crippen LogP contribution in [0.5, 0.6) is 0 Å². The first kappa shape index (κ1) is 13.8. The lowest BCUT2D eigenvalue weighted by Crippen LogP contribution is -2.32. The second-order valence-corrected chi connectivity index (χ2v) is 6.07. The maximum absolute atomic E-state index is 11.6. The van der Waals surface area contributed by atoms with Crippen LogP contribution in [0.1, 0.15) is 19.4 Å². The van der Waals surface area contributed by atoms with Gasteiger partial charge in [0, 0.05) is 6.54 Å². The molecule has 0 spiro atoms. The Morgan fingerprint density at radius 1 is 1.42 bits per heavy atom. The molecule has 19 heavy (non-hydrogen) atoms. The smallest absolute Gasteiger partial charge is 0.239 e. The van der Waals surface area contributed by atoms with E-state index in [4.69, 9.17) is 0 Å². The van der Waals surface area contributed by atoms with Crippen molar-refractivity contribution in [3.63, 3.8) is 0 Å². The number of thiazole rings is 1. The van der Waals surface area contributed by atoms with Gasteiger partial charge >= 0.3 is 0 Å². The minimum Gasteiger partial charge on any atom is -0.354 e. The maximum atomic E-state index is 11.6. The van der Waals surface area contributed by atoms with E-state index < -0.39 is 0 Å². The number of anilines is 1. The average molecular weight is 277 g/mol. The molecule has 0 saturated heterocycles. The predicted molar refractivity (Wildman–Crippen MR) is 80.7 cm³/mol. The van der Waals surface area contributed by atoms with Gasteiger partial charge < -0.3 is 10.6 Å². The largest absolute Gasteiger partial charge is 0.354 e. The van der Waals surface area contributed by atoms with Gasteiger partial charge in [0.05, 0.1) is 16.8 Å². The van der Waals surface area contributed by atoms with Crippen LogP contribution in [0.25, 0.3) is 10.2 Å². The third kappa shape index (κ3) is 3.92. The van der Waals surface area contributed by atoms with Gasteiger partial charge in [0.2, 0.25) is 5.91 Å². The first-order valence-electron chi connectivity index (χ1n) is 6.42. The summed E-state index contributed by atoms with van der Waals surface area (Å²) >= 11 is 1.57. The number of amides is 1. The van der Waals surface area contributed by atoms with Crippen LogP contribution < -0.4 is 10.6 Å². The summed E-state index contributed by atoms with van der Waals surface area (Å²) < 4.78 is 1.13. The zero-order chi connectivity index (χ0) is 13.8. The molecule has 0 aliphatic rings. The molecule has 0 bridgehead atoms. The lowest BCUT2D eigenvalue weighted by molar-refractivity contribution is -0.119. The fourth-order valence-corrected chi connectivity index (χ4v) is 2.49. The number of carbonyl (C=O) groups is 1. The number of fused-ring (bicyclic) bond motifs is 1. The Balaban J connectivity index is 1.92.